The molecule has 0 aliphatic rings. The van der Waals surface area contributed by atoms with Crippen molar-refractivity contribution in [2.45, 2.75) is 19.4 Å². The first-order valence-electron chi connectivity index (χ1n) is 9.58. The van der Waals surface area contributed by atoms with Gasteiger partial charge in [0.2, 0.25) is 0 Å². The molecule has 3 N–H and O–H groups in total. The number of ether oxygens (including phenoxy) is 1. The van der Waals surface area contributed by atoms with Crippen LogP contribution >= 0.6 is 11.6 Å². The van der Waals surface area contributed by atoms with Crippen LogP contribution in [0, 0.1) is 11.3 Å². The molecule has 9 nitrogen and oxygen atoms in total. The Labute approximate surface area is 189 Å². The summed E-state index contributed by atoms with van der Waals surface area (Å²) in [5.41, 5.74) is 1.21. The summed E-state index contributed by atoms with van der Waals surface area (Å²) < 4.78 is 6.79. The molecule has 0 radical (unpaired) electrons. The summed E-state index contributed by atoms with van der Waals surface area (Å²) in [4.78, 5) is 27.5. The number of halogens is 1. The second-order valence-electron chi connectivity index (χ2n) is 7.89. The largest absolute Gasteiger partial charge is 0.477 e. The smallest absolute Gasteiger partial charge is 0.354 e. The molecule has 0 bridgehead atoms. The number of pyridine rings is 2. The lowest BCUT2D eigenvalue weighted by Crippen LogP contribution is -2.36. The number of aromatic carboxylic acids is 1. The second kappa shape index (κ2) is 8.86. The van der Waals surface area contributed by atoms with Crippen LogP contribution in [0.2, 0.25) is 5.15 Å². The van der Waals surface area contributed by atoms with E-state index in [4.69, 9.17) is 16.3 Å². The third-order valence-electron chi connectivity index (χ3n) is 4.81. The number of carboxylic acid groups (broad SMARTS) is 1. The molecule has 0 unspecified atom stereocenters. The molecule has 0 saturated heterocycles. The third kappa shape index (κ3) is 4.66. The Bertz CT molecular complexity index is 1310. The van der Waals surface area contributed by atoms with E-state index in [1.54, 1.807) is 32.4 Å². The Morgan fingerprint density at radius 1 is 1.31 bits per heavy atom. The van der Waals surface area contributed by atoms with E-state index in [0.717, 1.165) is 5.39 Å². The first-order chi connectivity index (χ1) is 15.1. The van der Waals surface area contributed by atoms with E-state index < -0.39 is 11.5 Å². The van der Waals surface area contributed by atoms with Gasteiger partial charge in [0.05, 0.1) is 23.3 Å². The number of nitrogens with zero attached hydrogens (tertiary/aromatic N) is 3. The molecule has 0 atom stereocenters. The molecule has 1 aromatic carbocycles. The summed E-state index contributed by atoms with van der Waals surface area (Å²) in [6, 6.07) is 9.99. The molecule has 0 amide bonds. The average molecular weight is 456 g/mol. The number of hydrogen-bond donors (Lipinski definition) is 3. The van der Waals surface area contributed by atoms with Crippen molar-refractivity contribution in [3.05, 3.63) is 57.1 Å². The quantitative estimate of drug-likeness (QED) is 0.459. The molecule has 10 heteroatoms. The van der Waals surface area contributed by atoms with Crippen LogP contribution in [0.5, 0.6) is 0 Å². The molecule has 0 spiro atoms. The number of nitrogens with one attached hydrogen (secondary N) is 2. The average Bonchev–Trinajstić information content (AvgIpc) is 2.71. The summed E-state index contributed by atoms with van der Waals surface area (Å²) in [5, 5.41) is 25.7. The van der Waals surface area contributed by atoms with Gasteiger partial charge in [0, 0.05) is 37.0 Å². The highest BCUT2D eigenvalue weighted by molar-refractivity contribution is 6.31. The maximum absolute atomic E-state index is 12.5. The van der Waals surface area contributed by atoms with E-state index in [1.807, 2.05) is 19.9 Å². The molecule has 166 valence electrons. The zero-order chi connectivity index (χ0) is 23.6. The number of aryl methyl sites for hydroxylation is 1. The van der Waals surface area contributed by atoms with E-state index in [-0.39, 0.29) is 27.7 Å². The Morgan fingerprint density at radius 2 is 2.03 bits per heavy atom. The van der Waals surface area contributed by atoms with Crippen LogP contribution in [0.4, 0.5) is 17.1 Å². The minimum Gasteiger partial charge on any atom is -0.477 e. The van der Waals surface area contributed by atoms with Gasteiger partial charge in [-0.2, -0.15) is 5.26 Å². The number of nitriles is 1. The first-order valence-corrected chi connectivity index (χ1v) is 9.96. The SMILES string of the molecule is COCC(C)(C)Nc1cc(=O)n(C)c2ccc(Nc3cc(C(=O)O)nc(Cl)c3C#N)cc12. The second-order valence-corrected chi connectivity index (χ2v) is 8.25. The predicted molar refractivity (Wildman–Crippen MR) is 123 cm³/mol. The van der Waals surface area contributed by atoms with Crippen LogP contribution in [-0.2, 0) is 11.8 Å². The van der Waals surface area contributed by atoms with Gasteiger partial charge in [-0.3, -0.25) is 4.79 Å². The highest BCUT2D eigenvalue weighted by Crippen LogP contribution is 2.31. The molecule has 2 heterocycles. The number of fused-ring (bicyclic) bond motifs is 1. The minimum absolute atomic E-state index is 0.0248. The van der Waals surface area contributed by atoms with Crippen molar-refractivity contribution < 1.29 is 14.6 Å². The van der Waals surface area contributed by atoms with Gasteiger partial charge < -0.3 is 25.0 Å². The number of carboxylic acids is 1. The van der Waals surface area contributed by atoms with Crippen LogP contribution in [0.15, 0.2) is 35.1 Å². The number of carbonyl (C=O) groups is 1. The Kier molecular flexibility index (Phi) is 6.39. The summed E-state index contributed by atoms with van der Waals surface area (Å²) in [6.45, 7) is 4.32. The van der Waals surface area contributed by atoms with Gasteiger partial charge in [-0.15, -0.1) is 0 Å². The maximum Gasteiger partial charge on any atom is 0.354 e. The van der Waals surface area contributed by atoms with Crippen LogP contribution < -0.4 is 16.2 Å². The van der Waals surface area contributed by atoms with Gasteiger partial charge in [0.15, 0.2) is 5.69 Å². The molecule has 3 aromatic rings. The molecular weight excluding hydrogens is 434 g/mol. The van der Waals surface area contributed by atoms with Gasteiger partial charge >= 0.3 is 5.97 Å². The van der Waals surface area contributed by atoms with Crippen molar-refractivity contribution >= 4 is 45.5 Å². The van der Waals surface area contributed by atoms with Crippen molar-refractivity contribution in [1.82, 2.24) is 9.55 Å². The molecule has 0 fully saturated rings. The van der Waals surface area contributed by atoms with Crippen LogP contribution in [0.3, 0.4) is 0 Å². The van der Waals surface area contributed by atoms with Crippen molar-refractivity contribution in [2.75, 3.05) is 24.4 Å². The number of anilines is 3. The summed E-state index contributed by atoms with van der Waals surface area (Å²) in [5.74, 6) is -1.26. The standard InChI is InChI=1S/C22H22ClN5O4/c1-22(2,11-32-4)27-16-9-19(29)28(3)18-6-5-12(7-13(16)18)25-15-8-17(21(30)31)26-20(23)14(15)10-24/h5-9,27H,11H2,1-4H3,(H,25,26)(H,30,31). The van der Waals surface area contributed by atoms with Gasteiger partial charge in [-0.1, -0.05) is 11.6 Å². The van der Waals surface area contributed by atoms with Crippen LogP contribution in [-0.4, -0.2) is 39.9 Å². The zero-order valence-corrected chi connectivity index (χ0v) is 18.7. The number of benzene rings is 1. The lowest BCUT2D eigenvalue weighted by Gasteiger charge is -2.27. The van der Waals surface area contributed by atoms with Gasteiger partial charge in [-0.05, 0) is 38.1 Å². The molecule has 2 aromatic heterocycles. The molecular formula is C22H22ClN5O4. The highest BCUT2D eigenvalue weighted by Gasteiger charge is 2.20. The summed E-state index contributed by atoms with van der Waals surface area (Å²) >= 11 is 6.01. The monoisotopic (exact) mass is 455 g/mol. The molecule has 0 aliphatic carbocycles. The van der Waals surface area contributed by atoms with E-state index in [9.17, 15) is 20.0 Å². The van der Waals surface area contributed by atoms with Gasteiger partial charge in [0.1, 0.15) is 16.8 Å². The Balaban J connectivity index is 2.14. The first kappa shape index (κ1) is 23.1. The number of aromatic nitrogens is 2. The highest BCUT2D eigenvalue weighted by atomic mass is 35.5. The number of hydrogen-bond acceptors (Lipinski definition) is 7. The van der Waals surface area contributed by atoms with Crippen molar-refractivity contribution in [3.8, 4) is 6.07 Å². The molecule has 0 saturated carbocycles. The summed E-state index contributed by atoms with van der Waals surface area (Å²) in [6.07, 6.45) is 0. The molecule has 0 aliphatic heterocycles. The number of rotatable bonds is 7. The van der Waals surface area contributed by atoms with E-state index >= 15 is 0 Å². The van der Waals surface area contributed by atoms with E-state index in [1.165, 1.54) is 16.7 Å². The minimum atomic E-state index is -1.26. The normalized spacial score (nSPS) is 11.2. The lowest BCUT2D eigenvalue weighted by molar-refractivity contribution is 0.0690. The summed E-state index contributed by atoms with van der Waals surface area (Å²) in [7, 11) is 3.28. The van der Waals surface area contributed by atoms with Crippen LogP contribution in [0.1, 0.15) is 29.9 Å². The fourth-order valence-corrected chi connectivity index (χ4v) is 3.62. The van der Waals surface area contributed by atoms with Crippen molar-refractivity contribution in [1.29, 1.82) is 5.26 Å². The Hall–Kier alpha value is -3.61. The fourth-order valence-electron chi connectivity index (χ4n) is 3.39. The topological polar surface area (TPSA) is 129 Å². The van der Waals surface area contributed by atoms with Gasteiger partial charge in [-0.25, -0.2) is 9.78 Å². The lowest BCUT2D eigenvalue weighted by atomic mass is 10.0. The fraction of sp³-hybridized carbons (Fsp3) is 0.273. The maximum atomic E-state index is 12.5. The zero-order valence-electron chi connectivity index (χ0n) is 18.0. The predicted octanol–water partition coefficient (Wildman–Crippen LogP) is 3.74. The van der Waals surface area contributed by atoms with Crippen LogP contribution in [0.25, 0.3) is 10.9 Å². The Morgan fingerprint density at radius 3 is 2.66 bits per heavy atom. The third-order valence-corrected chi connectivity index (χ3v) is 5.08. The number of methoxy groups -OCH3 is 1. The van der Waals surface area contributed by atoms with E-state index in [2.05, 4.69) is 15.6 Å². The van der Waals surface area contributed by atoms with E-state index in [0.29, 0.717) is 23.5 Å². The van der Waals surface area contributed by atoms with Gasteiger partial charge in [0.25, 0.3) is 5.56 Å². The molecule has 32 heavy (non-hydrogen) atoms. The molecule has 3 rings (SSSR count). The van der Waals surface area contributed by atoms with Crippen molar-refractivity contribution in [3.63, 3.8) is 0 Å². The van der Waals surface area contributed by atoms with Crippen molar-refractivity contribution in [2.24, 2.45) is 7.05 Å².